The predicted molar refractivity (Wildman–Crippen MR) is 103 cm³/mol. The summed E-state index contributed by atoms with van der Waals surface area (Å²) in [6.07, 6.45) is 5.41. The van der Waals surface area contributed by atoms with Crippen LogP contribution in [-0.4, -0.2) is 19.5 Å². The standard InChI is InChI=1S/C11H22O2.C10H12.CH4/c1-6-10-8(3)7(2)9(4)11(12-5)13-10;1-8-5-6-9-3-2-4-10(9)7-8;/h7-11H,6H2,1-5H3;5-7H,2-4H2,1H3;1H4. The molecule has 1 fully saturated rings. The lowest BCUT2D eigenvalue weighted by atomic mass is 9.78. The summed E-state index contributed by atoms with van der Waals surface area (Å²) in [7, 11) is 1.73. The molecule has 1 saturated heterocycles. The van der Waals surface area contributed by atoms with E-state index in [0.29, 0.717) is 23.9 Å². The van der Waals surface area contributed by atoms with Crippen LogP contribution in [0, 0.1) is 24.7 Å². The number of methoxy groups -OCH3 is 1. The van der Waals surface area contributed by atoms with Crippen LogP contribution in [-0.2, 0) is 22.3 Å². The largest absolute Gasteiger partial charge is 0.356 e. The molecule has 0 saturated carbocycles. The van der Waals surface area contributed by atoms with E-state index >= 15 is 0 Å². The van der Waals surface area contributed by atoms with Crippen LogP contribution in [0.1, 0.15) is 64.7 Å². The lowest BCUT2D eigenvalue weighted by molar-refractivity contribution is -0.237. The molecule has 0 bridgehead atoms. The number of benzene rings is 1. The molecule has 1 heterocycles. The molecule has 2 nitrogen and oxygen atoms in total. The minimum Gasteiger partial charge on any atom is -0.356 e. The van der Waals surface area contributed by atoms with Crippen molar-refractivity contribution in [3.05, 3.63) is 34.9 Å². The van der Waals surface area contributed by atoms with Gasteiger partial charge in [0.15, 0.2) is 6.29 Å². The fourth-order valence-corrected chi connectivity index (χ4v) is 3.92. The van der Waals surface area contributed by atoms with Crippen LogP contribution in [0.25, 0.3) is 0 Å². The van der Waals surface area contributed by atoms with Crippen molar-refractivity contribution in [2.24, 2.45) is 17.8 Å². The Hall–Kier alpha value is -0.860. The summed E-state index contributed by atoms with van der Waals surface area (Å²) < 4.78 is 11.2. The zero-order chi connectivity index (χ0) is 17.0. The fraction of sp³-hybridized carbons (Fsp3) is 0.727. The lowest BCUT2D eigenvalue weighted by Crippen LogP contribution is -2.45. The maximum absolute atomic E-state index is 5.86. The van der Waals surface area contributed by atoms with E-state index < -0.39 is 0 Å². The summed E-state index contributed by atoms with van der Waals surface area (Å²) in [5, 5.41) is 0. The van der Waals surface area contributed by atoms with Crippen molar-refractivity contribution in [1.29, 1.82) is 0 Å². The first-order valence-electron chi connectivity index (χ1n) is 9.24. The van der Waals surface area contributed by atoms with E-state index in [-0.39, 0.29) is 13.7 Å². The molecule has 1 aromatic carbocycles. The van der Waals surface area contributed by atoms with Crippen LogP contribution >= 0.6 is 0 Å². The Morgan fingerprint density at radius 1 is 1.04 bits per heavy atom. The summed E-state index contributed by atoms with van der Waals surface area (Å²) in [6.45, 7) is 11.1. The summed E-state index contributed by atoms with van der Waals surface area (Å²) in [5.41, 5.74) is 4.56. The first-order chi connectivity index (χ1) is 11.0. The van der Waals surface area contributed by atoms with Gasteiger partial charge in [0, 0.05) is 13.0 Å². The molecule has 2 aliphatic rings. The van der Waals surface area contributed by atoms with Gasteiger partial charge in [0.1, 0.15) is 0 Å². The van der Waals surface area contributed by atoms with Crippen LogP contribution in [0.15, 0.2) is 18.2 Å². The van der Waals surface area contributed by atoms with Gasteiger partial charge in [-0.25, -0.2) is 0 Å². The Balaban J connectivity index is 0.000000236. The molecule has 0 spiro atoms. The van der Waals surface area contributed by atoms with Crippen LogP contribution in [0.4, 0.5) is 0 Å². The molecule has 2 heteroatoms. The Bertz CT molecular complexity index is 477. The average Bonchev–Trinajstić information content (AvgIpc) is 3.01. The number of rotatable bonds is 2. The highest BCUT2D eigenvalue weighted by molar-refractivity contribution is 5.34. The monoisotopic (exact) mass is 334 g/mol. The zero-order valence-electron chi connectivity index (χ0n) is 15.8. The van der Waals surface area contributed by atoms with Gasteiger partial charge in [0.05, 0.1) is 6.10 Å². The maximum atomic E-state index is 5.86. The van der Waals surface area contributed by atoms with Crippen LogP contribution in [0.3, 0.4) is 0 Å². The van der Waals surface area contributed by atoms with Crippen molar-refractivity contribution in [2.45, 2.75) is 80.1 Å². The third-order valence-electron chi connectivity index (χ3n) is 5.87. The average molecular weight is 335 g/mol. The van der Waals surface area contributed by atoms with E-state index in [4.69, 9.17) is 9.47 Å². The molecule has 0 aromatic heterocycles. The second kappa shape index (κ2) is 9.58. The third-order valence-corrected chi connectivity index (χ3v) is 5.87. The third kappa shape index (κ3) is 4.83. The number of hydrogen-bond acceptors (Lipinski definition) is 2. The second-order valence-electron chi connectivity index (χ2n) is 7.39. The molecule has 0 amide bonds. The molecule has 24 heavy (non-hydrogen) atoms. The molecular weight excluding hydrogens is 296 g/mol. The smallest absolute Gasteiger partial charge is 0.160 e. The van der Waals surface area contributed by atoms with Crippen LogP contribution in [0.2, 0.25) is 0 Å². The van der Waals surface area contributed by atoms with Crippen molar-refractivity contribution < 1.29 is 9.47 Å². The van der Waals surface area contributed by atoms with Crippen molar-refractivity contribution >= 4 is 0 Å². The fourth-order valence-electron chi connectivity index (χ4n) is 3.92. The van der Waals surface area contributed by atoms with Crippen LogP contribution < -0.4 is 0 Å². The van der Waals surface area contributed by atoms with E-state index in [9.17, 15) is 0 Å². The normalized spacial score (nSPS) is 31.5. The Labute approximate surface area is 149 Å². The van der Waals surface area contributed by atoms with E-state index in [2.05, 4.69) is 52.8 Å². The van der Waals surface area contributed by atoms with E-state index in [1.54, 1.807) is 18.2 Å². The summed E-state index contributed by atoms with van der Waals surface area (Å²) in [4.78, 5) is 0. The molecule has 1 aliphatic heterocycles. The predicted octanol–water partition coefficient (Wildman–Crippen LogP) is 5.80. The highest BCUT2D eigenvalue weighted by atomic mass is 16.7. The van der Waals surface area contributed by atoms with Gasteiger partial charge in [0.25, 0.3) is 0 Å². The minimum atomic E-state index is -0.00356. The Morgan fingerprint density at radius 3 is 2.33 bits per heavy atom. The first kappa shape index (κ1) is 21.2. The number of ether oxygens (including phenoxy) is 2. The minimum absolute atomic E-state index is 0. The molecule has 3 rings (SSSR count). The van der Waals surface area contributed by atoms with E-state index in [1.807, 2.05) is 0 Å². The van der Waals surface area contributed by atoms with E-state index in [1.165, 1.54) is 24.8 Å². The van der Waals surface area contributed by atoms with Gasteiger partial charge in [0.2, 0.25) is 0 Å². The molecule has 138 valence electrons. The zero-order valence-corrected chi connectivity index (χ0v) is 15.8. The van der Waals surface area contributed by atoms with Crippen molar-refractivity contribution in [3.8, 4) is 0 Å². The van der Waals surface area contributed by atoms with Crippen LogP contribution in [0.5, 0.6) is 0 Å². The lowest BCUT2D eigenvalue weighted by Gasteiger charge is -2.42. The number of fused-ring (bicyclic) bond motifs is 1. The van der Waals surface area contributed by atoms with Gasteiger partial charge in [-0.1, -0.05) is 58.9 Å². The highest BCUT2D eigenvalue weighted by Crippen LogP contribution is 2.36. The van der Waals surface area contributed by atoms with Crippen molar-refractivity contribution in [1.82, 2.24) is 0 Å². The van der Waals surface area contributed by atoms with Gasteiger partial charge < -0.3 is 9.47 Å². The van der Waals surface area contributed by atoms with Gasteiger partial charge >= 0.3 is 0 Å². The molecule has 0 N–H and O–H groups in total. The highest BCUT2D eigenvalue weighted by Gasteiger charge is 2.38. The van der Waals surface area contributed by atoms with E-state index in [0.717, 1.165) is 6.42 Å². The summed E-state index contributed by atoms with van der Waals surface area (Å²) in [5.74, 6) is 1.83. The quantitative estimate of drug-likeness (QED) is 0.681. The molecule has 1 aromatic rings. The first-order valence-corrected chi connectivity index (χ1v) is 9.24. The Kier molecular flexibility index (Phi) is 8.45. The maximum Gasteiger partial charge on any atom is 0.160 e. The second-order valence-corrected chi connectivity index (χ2v) is 7.39. The SMILES string of the molecule is C.CCC1OC(OC)C(C)C(C)C1C.Cc1ccc2c(c1)CCC2. The van der Waals surface area contributed by atoms with Gasteiger partial charge in [-0.15, -0.1) is 0 Å². The van der Waals surface area contributed by atoms with Gasteiger partial charge in [-0.3, -0.25) is 0 Å². The van der Waals surface area contributed by atoms with Gasteiger partial charge in [-0.2, -0.15) is 0 Å². The molecule has 5 unspecified atom stereocenters. The Morgan fingerprint density at radius 2 is 1.71 bits per heavy atom. The van der Waals surface area contributed by atoms with Crippen molar-refractivity contribution in [2.75, 3.05) is 7.11 Å². The summed E-state index contributed by atoms with van der Waals surface area (Å²) >= 11 is 0. The topological polar surface area (TPSA) is 18.5 Å². The van der Waals surface area contributed by atoms with Gasteiger partial charge in [-0.05, 0) is 55.6 Å². The number of aryl methyl sites for hydroxylation is 3. The molecular formula is C22H38O2. The number of hydrogen-bond donors (Lipinski definition) is 0. The molecule has 1 aliphatic carbocycles. The van der Waals surface area contributed by atoms with Crippen molar-refractivity contribution in [3.63, 3.8) is 0 Å². The summed E-state index contributed by atoms with van der Waals surface area (Å²) in [6, 6.07) is 6.81. The molecule has 5 atom stereocenters. The molecule has 0 radical (unpaired) electrons.